The summed E-state index contributed by atoms with van der Waals surface area (Å²) in [5.74, 6) is 1.33. The van der Waals surface area contributed by atoms with E-state index in [9.17, 15) is 0 Å². The van der Waals surface area contributed by atoms with Crippen LogP contribution in [0.3, 0.4) is 0 Å². The fourth-order valence-electron chi connectivity index (χ4n) is 2.14. The zero-order chi connectivity index (χ0) is 13.5. The Labute approximate surface area is 117 Å². The van der Waals surface area contributed by atoms with Gasteiger partial charge >= 0.3 is 0 Å². The average molecular weight is 268 g/mol. The van der Waals surface area contributed by atoms with Crippen LogP contribution in [0.4, 0.5) is 0 Å². The summed E-state index contributed by atoms with van der Waals surface area (Å²) in [7, 11) is 0. The largest absolute Gasteiger partial charge is 0.313 e. The average Bonchev–Trinajstić information content (AvgIpc) is 2.35. The van der Waals surface area contributed by atoms with Crippen LogP contribution < -0.4 is 5.32 Å². The summed E-state index contributed by atoms with van der Waals surface area (Å²) in [6, 6.07) is 8.68. The monoisotopic (exact) mass is 267 g/mol. The predicted octanol–water partition coefficient (Wildman–Crippen LogP) is 4.54. The van der Waals surface area contributed by atoms with E-state index in [-0.39, 0.29) is 0 Å². The normalized spacial score (nSPS) is 14.8. The van der Waals surface area contributed by atoms with Crippen molar-refractivity contribution >= 4 is 11.6 Å². The lowest BCUT2D eigenvalue weighted by Crippen LogP contribution is -2.39. The molecule has 0 fully saturated rings. The number of nitrogens with one attached hydrogen (secondary N) is 1. The van der Waals surface area contributed by atoms with Crippen molar-refractivity contribution in [1.82, 2.24) is 5.32 Å². The molecule has 1 rings (SSSR count). The molecule has 0 aliphatic carbocycles. The van der Waals surface area contributed by atoms with Crippen LogP contribution in [0.25, 0.3) is 0 Å². The Balaban J connectivity index is 2.74. The van der Waals surface area contributed by atoms with E-state index in [4.69, 9.17) is 11.6 Å². The van der Waals surface area contributed by atoms with Crippen molar-refractivity contribution in [2.75, 3.05) is 6.54 Å². The highest BCUT2D eigenvalue weighted by Crippen LogP contribution is 2.22. The molecule has 0 aromatic heterocycles. The van der Waals surface area contributed by atoms with Crippen LogP contribution in [0.1, 0.15) is 39.7 Å². The van der Waals surface area contributed by atoms with Gasteiger partial charge in [0.25, 0.3) is 0 Å². The van der Waals surface area contributed by atoms with Crippen LogP contribution in [0.5, 0.6) is 0 Å². The number of benzene rings is 1. The van der Waals surface area contributed by atoms with Crippen molar-refractivity contribution in [1.29, 1.82) is 0 Å². The standard InChI is InChI=1S/C16H26ClN/c1-5-10-18-16(13(4)12(2)3)11-14-8-6-7-9-15(14)17/h6-9,12-13,16,18H,5,10-11H2,1-4H3. The first-order chi connectivity index (χ1) is 8.56. The van der Waals surface area contributed by atoms with Gasteiger partial charge in [0.05, 0.1) is 0 Å². The summed E-state index contributed by atoms with van der Waals surface area (Å²) in [4.78, 5) is 0. The highest BCUT2D eigenvalue weighted by Gasteiger charge is 2.20. The molecule has 2 atom stereocenters. The van der Waals surface area contributed by atoms with E-state index in [0.717, 1.165) is 18.0 Å². The molecule has 0 spiro atoms. The summed E-state index contributed by atoms with van der Waals surface area (Å²) in [6.07, 6.45) is 2.18. The maximum atomic E-state index is 6.26. The molecular formula is C16H26ClN. The Hall–Kier alpha value is -0.530. The molecule has 102 valence electrons. The Morgan fingerprint density at radius 2 is 1.83 bits per heavy atom. The molecule has 0 aliphatic rings. The van der Waals surface area contributed by atoms with Crippen molar-refractivity contribution in [2.24, 2.45) is 11.8 Å². The molecular weight excluding hydrogens is 242 g/mol. The number of hydrogen-bond acceptors (Lipinski definition) is 1. The number of hydrogen-bond donors (Lipinski definition) is 1. The second kappa shape index (κ2) is 7.81. The van der Waals surface area contributed by atoms with E-state index in [0.29, 0.717) is 17.9 Å². The zero-order valence-electron chi connectivity index (χ0n) is 12.0. The minimum absolute atomic E-state index is 0.504. The zero-order valence-corrected chi connectivity index (χ0v) is 12.8. The topological polar surface area (TPSA) is 12.0 Å². The Kier molecular flexibility index (Phi) is 6.73. The number of rotatable bonds is 7. The van der Waals surface area contributed by atoms with E-state index < -0.39 is 0 Å². The fourth-order valence-corrected chi connectivity index (χ4v) is 2.35. The molecule has 0 amide bonds. The quantitative estimate of drug-likeness (QED) is 0.765. The molecule has 0 saturated carbocycles. The van der Waals surface area contributed by atoms with Crippen molar-refractivity contribution < 1.29 is 0 Å². The Morgan fingerprint density at radius 1 is 1.17 bits per heavy atom. The van der Waals surface area contributed by atoms with Crippen molar-refractivity contribution in [3.63, 3.8) is 0 Å². The highest BCUT2D eigenvalue weighted by atomic mass is 35.5. The van der Waals surface area contributed by atoms with E-state index >= 15 is 0 Å². The van der Waals surface area contributed by atoms with E-state index in [2.05, 4.69) is 45.1 Å². The molecule has 1 nitrogen and oxygen atoms in total. The van der Waals surface area contributed by atoms with E-state index in [1.807, 2.05) is 12.1 Å². The van der Waals surface area contributed by atoms with Gasteiger partial charge in [-0.2, -0.15) is 0 Å². The van der Waals surface area contributed by atoms with Gasteiger partial charge in [-0.05, 0) is 42.9 Å². The Bertz CT molecular complexity index is 349. The molecule has 1 aromatic rings. The predicted molar refractivity (Wildman–Crippen MR) is 81.2 cm³/mol. The van der Waals surface area contributed by atoms with Crippen molar-refractivity contribution in [3.05, 3.63) is 34.9 Å². The first-order valence-electron chi connectivity index (χ1n) is 7.03. The van der Waals surface area contributed by atoms with Gasteiger partial charge in [-0.25, -0.2) is 0 Å². The first kappa shape index (κ1) is 15.5. The van der Waals surface area contributed by atoms with Crippen LogP contribution in [0.15, 0.2) is 24.3 Å². The minimum Gasteiger partial charge on any atom is -0.313 e. The molecule has 1 N–H and O–H groups in total. The molecule has 2 heteroatoms. The molecule has 18 heavy (non-hydrogen) atoms. The third-order valence-corrected chi connectivity index (χ3v) is 4.11. The maximum Gasteiger partial charge on any atom is 0.0438 e. The minimum atomic E-state index is 0.504. The van der Waals surface area contributed by atoms with Gasteiger partial charge in [0, 0.05) is 11.1 Å². The summed E-state index contributed by atoms with van der Waals surface area (Å²) < 4.78 is 0. The highest BCUT2D eigenvalue weighted by molar-refractivity contribution is 6.31. The molecule has 1 aromatic carbocycles. The molecule has 2 unspecified atom stereocenters. The van der Waals surface area contributed by atoms with Crippen LogP contribution in [-0.2, 0) is 6.42 Å². The maximum absolute atomic E-state index is 6.26. The summed E-state index contributed by atoms with van der Waals surface area (Å²) in [6.45, 7) is 10.2. The van der Waals surface area contributed by atoms with Gasteiger partial charge in [-0.3, -0.25) is 0 Å². The summed E-state index contributed by atoms with van der Waals surface area (Å²) in [5, 5.41) is 4.55. The smallest absolute Gasteiger partial charge is 0.0438 e. The number of halogens is 1. The molecule has 0 bridgehead atoms. The molecule has 0 saturated heterocycles. The van der Waals surface area contributed by atoms with Gasteiger partial charge in [-0.1, -0.05) is 57.5 Å². The van der Waals surface area contributed by atoms with Crippen LogP contribution >= 0.6 is 11.6 Å². The first-order valence-corrected chi connectivity index (χ1v) is 7.40. The summed E-state index contributed by atoms with van der Waals surface area (Å²) in [5.41, 5.74) is 1.25. The molecule has 0 radical (unpaired) electrons. The van der Waals surface area contributed by atoms with Gasteiger partial charge in [0.15, 0.2) is 0 Å². The molecule has 0 heterocycles. The fraction of sp³-hybridized carbons (Fsp3) is 0.625. The summed E-state index contributed by atoms with van der Waals surface area (Å²) >= 11 is 6.26. The van der Waals surface area contributed by atoms with Crippen LogP contribution in [0, 0.1) is 11.8 Å². The van der Waals surface area contributed by atoms with Crippen LogP contribution in [0.2, 0.25) is 5.02 Å². The van der Waals surface area contributed by atoms with Crippen molar-refractivity contribution in [2.45, 2.75) is 46.6 Å². The SMILES string of the molecule is CCCNC(Cc1ccccc1Cl)C(C)C(C)C. The van der Waals surface area contributed by atoms with Crippen molar-refractivity contribution in [3.8, 4) is 0 Å². The van der Waals surface area contributed by atoms with Gasteiger partial charge in [-0.15, -0.1) is 0 Å². The second-order valence-corrected chi connectivity index (χ2v) is 5.87. The van der Waals surface area contributed by atoms with E-state index in [1.165, 1.54) is 12.0 Å². The lowest BCUT2D eigenvalue weighted by molar-refractivity contribution is 0.297. The lowest BCUT2D eigenvalue weighted by Gasteiger charge is -2.28. The third-order valence-electron chi connectivity index (χ3n) is 3.74. The third kappa shape index (κ3) is 4.62. The van der Waals surface area contributed by atoms with Gasteiger partial charge < -0.3 is 5.32 Å². The lowest BCUT2D eigenvalue weighted by atomic mass is 9.86. The van der Waals surface area contributed by atoms with Gasteiger partial charge in [0.1, 0.15) is 0 Å². The van der Waals surface area contributed by atoms with Gasteiger partial charge in [0.2, 0.25) is 0 Å². The molecule has 0 aliphatic heterocycles. The van der Waals surface area contributed by atoms with E-state index in [1.54, 1.807) is 0 Å². The Morgan fingerprint density at radius 3 is 2.39 bits per heavy atom. The van der Waals surface area contributed by atoms with Crippen LogP contribution in [-0.4, -0.2) is 12.6 Å². The second-order valence-electron chi connectivity index (χ2n) is 5.46.